The van der Waals surface area contributed by atoms with Crippen molar-refractivity contribution in [2.24, 2.45) is 0 Å². The van der Waals surface area contributed by atoms with Gasteiger partial charge in [-0.2, -0.15) is 0 Å². The summed E-state index contributed by atoms with van der Waals surface area (Å²) in [6, 6.07) is 0.843. The summed E-state index contributed by atoms with van der Waals surface area (Å²) >= 11 is 0. The highest BCUT2D eigenvalue weighted by Gasteiger charge is 2.24. The minimum atomic E-state index is -0.289. The largest absolute Gasteiger partial charge is 0.334 e. The van der Waals surface area contributed by atoms with Gasteiger partial charge in [0.05, 0.1) is 6.20 Å². The maximum Gasteiger partial charge on any atom is 0.317 e. The van der Waals surface area contributed by atoms with Gasteiger partial charge in [0.15, 0.2) is 0 Å². The van der Waals surface area contributed by atoms with Gasteiger partial charge in [0.1, 0.15) is 5.69 Å². The third kappa shape index (κ3) is 7.68. The van der Waals surface area contributed by atoms with E-state index in [0.717, 1.165) is 25.4 Å². The number of amides is 3. The molecule has 1 saturated carbocycles. The summed E-state index contributed by atoms with van der Waals surface area (Å²) in [4.78, 5) is 35.6. The number of nitrogens with zero attached hydrogens (tertiary/aromatic N) is 5. The molecule has 1 aliphatic carbocycles. The van der Waals surface area contributed by atoms with Crippen molar-refractivity contribution >= 4 is 11.9 Å². The highest BCUT2D eigenvalue weighted by atomic mass is 16.2. The topological polar surface area (TPSA) is 106 Å². The molecule has 2 saturated heterocycles. The standard InChI is InChI=1S/C13H20N6O2.C9H18N2/c1-18(2)13(21)16-10-4-3-7-19(9-10)17-12(20)11-8-14-5-6-15-11;1-2-4-9(3-1)11-7-5-10-6-8-11/h5-6,8,10H,3-4,7,9H2,1-2H3,(H,16,21)(H,17,20);9-10H,1-8H2. The van der Waals surface area contributed by atoms with Gasteiger partial charge in [-0.15, -0.1) is 0 Å². The van der Waals surface area contributed by atoms with E-state index in [4.69, 9.17) is 0 Å². The Balaban J connectivity index is 0.000000219. The molecule has 0 bridgehead atoms. The summed E-state index contributed by atoms with van der Waals surface area (Å²) in [6.45, 7) is 6.30. The summed E-state index contributed by atoms with van der Waals surface area (Å²) in [7, 11) is 3.40. The Morgan fingerprint density at radius 3 is 2.47 bits per heavy atom. The first-order valence-electron chi connectivity index (χ1n) is 11.8. The van der Waals surface area contributed by atoms with Gasteiger partial charge in [-0.3, -0.25) is 20.1 Å². The van der Waals surface area contributed by atoms with Gasteiger partial charge in [-0.25, -0.2) is 14.8 Å². The highest BCUT2D eigenvalue weighted by Crippen LogP contribution is 2.23. The molecule has 10 heteroatoms. The van der Waals surface area contributed by atoms with Crippen LogP contribution in [0.2, 0.25) is 0 Å². The molecule has 1 atom stereocenters. The zero-order chi connectivity index (χ0) is 22.8. The van der Waals surface area contributed by atoms with Gasteiger partial charge in [0.2, 0.25) is 0 Å². The van der Waals surface area contributed by atoms with Crippen molar-refractivity contribution in [1.82, 2.24) is 40.8 Å². The lowest BCUT2D eigenvalue weighted by Crippen LogP contribution is -2.55. The van der Waals surface area contributed by atoms with Crippen molar-refractivity contribution in [1.29, 1.82) is 0 Å². The molecule has 2 aliphatic heterocycles. The summed E-state index contributed by atoms with van der Waals surface area (Å²) in [5, 5.41) is 8.13. The van der Waals surface area contributed by atoms with Crippen molar-refractivity contribution in [3.63, 3.8) is 0 Å². The third-order valence-corrected chi connectivity index (χ3v) is 6.20. The molecule has 10 nitrogen and oxygen atoms in total. The number of hydrazine groups is 1. The molecule has 0 radical (unpaired) electrons. The van der Waals surface area contributed by atoms with E-state index in [9.17, 15) is 9.59 Å². The fourth-order valence-corrected chi connectivity index (χ4v) is 4.43. The van der Waals surface area contributed by atoms with Crippen LogP contribution >= 0.6 is 0 Å². The molecule has 3 amide bonds. The van der Waals surface area contributed by atoms with Crippen LogP contribution in [0.25, 0.3) is 0 Å². The molecule has 178 valence electrons. The lowest BCUT2D eigenvalue weighted by atomic mass is 10.1. The van der Waals surface area contributed by atoms with Crippen LogP contribution in [0.4, 0.5) is 4.79 Å². The maximum atomic E-state index is 12.0. The van der Waals surface area contributed by atoms with E-state index >= 15 is 0 Å². The van der Waals surface area contributed by atoms with Crippen molar-refractivity contribution in [2.75, 3.05) is 53.4 Å². The third-order valence-electron chi connectivity index (χ3n) is 6.20. The fourth-order valence-electron chi connectivity index (χ4n) is 4.43. The summed E-state index contributed by atoms with van der Waals surface area (Å²) in [5.41, 5.74) is 3.07. The molecule has 1 aromatic rings. The van der Waals surface area contributed by atoms with Crippen LogP contribution in [0.15, 0.2) is 18.6 Å². The molecular formula is C22H38N8O2. The van der Waals surface area contributed by atoms with E-state index in [1.54, 1.807) is 19.1 Å². The first-order chi connectivity index (χ1) is 15.5. The molecule has 3 fully saturated rings. The summed E-state index contributed by atoms with van der Waals surface area (Å²) in [6.07, 6.45) is 12.1. The number of urea groups is 1. The number of hydrogen-bond donors (Lipinski definition) is 3. The highest BCUT2D eigenvalue weighted by molar-refractivity contribution is 5.91. The molecule has 0 spiro atoms. The molecule has 1 unspecified atom stereocenters. The van der Waals surface area contributed by atoms with Crippen LogP contribution in [-0.4, -0.2) is 102 Å². The molecule has 4 rings (SSSR count). The lowest BCUT2D eigenvalue weighted by Gasteiger charge is -2.33. The van der Waals surface area contributed by atoms with Crippen LogP contribution in [0.5, 0.6) is 0 Å². The quantitative estimate of drug-likeness (QED) is 0.625. The van der Waals surface area contributed by atoms with E-state index in [-0.39, 0.29) is 23.7 Å². The number of carbonyl (C=O) groups excluding carboxylic acids is 2. The number of aromatic nitrogens is 2. The number of piperazine rings is 1. The summed E-state index contributed by atoms with van der Waals surface area (Å²) in [5.74, 6) is -0.289. The van der Waals surface area contributed by atoms with Crippen LogP contribution < -0.4 is 16.1 Å². The van der Waals surface area contributed by atoms with E-state index < -0.39 is 0 Å². The Kier molecular flexibility index (Phi) is 9.63. The van der Waals surface area contributed by atoms with Crippen LogP contribution in [-0.2, 0) is 0 Å². The van der Waals surface area contributed by atoms with Gasteiger partial charge in [-0.05, 0) is 25.7 Å². The lowest BCUT2D eigenvalue weighted by molar-refractivity contribution is 0.0709. The first-order valence-corrected chi connectivity index (χ1v) is 11.8. The minimum Gasteiger partial charge on any atom is -0.334 e. The second kappa shape index (κ2) is 12.7. The SMILES string of the molecule is C1CCC(N2CCNCC2)C1.CN(C)C(=O)NC1CCCN(NC(=O)c2cnccn2)C1. The molecular weight excluding hydrogens is 408 g/mol. The molecule has 0 aromatic carbocycles. The summed E-state index contributed by atoms with van der Waals surface area (Å²) < 4.78 is 0. The van der Waals surface area contributed by atoms with Crippen molar-refractivity contribution in [2.45, 2.75) is 50.6 Å². The average Bonchev–Trinajstić information content (AvgIpc) is 3.36. The molecule has 3 aliphatic rings. The van der Waals surface area contributed by atoms with Crippen molar-refractivity contribution in [3.8, 4) is 0 Å². The van der Waals surface area contributed by atoms with Gasteiger partial charge in [0.25, 0.3) is 5.91 Å². The van der Waals surface area contributed by atoms with E-state index in [2.05, 4.69) is 30.9 Å². The monoisotopic (exact) mass is 446 g/mol. The Morgan fingerprint density at radius 1 is 1.06 bits per heavy atom. The second-order valence-electron chi connectivity index (χ2n) is 8.88. The zero-order valence-corrected chi connectivity index (χ0v) is 19.4. The van der Waals surface area contributed by atoms with Gasteiger partial charge >= 0.3 is 6.03 Å². The van der Waals surface area contributed by atoms with Gasteiger partial charge in [0, 0.05) is 77.8 Å². The number of carbonyl (C=O) groups is 2. The molecule has 1 aromatic heterocycles. The van der Waals surface area contributed by atoms with Gasteiger partial charge < -0.3 is 15.5 Å². The maximum absolute atomic E-state index is 12.0. The Hall–Kier alpha value is -2.30. The smallest absolute Gasteiger partial charge is 0.317 e. The van der Waals surface area contributed by atoms with Crippen LogP contribution in [0.3, 0.4) is 0 Å². The van der Waals surface area contributed by atoms with E-state index in [1.165, 1.54) is 75.4 Å². The average molecular weight is 447 g/mol. The molecule has 32 heavy (non-hydrogen) atoms. The van der Waals surface area contributed by atoms with Gasteiger partial charge in [-0.1, -0.05) is 12.8 Å². The predicted octanol–water partition coefficient (Wildman–Crippen LogP) is 0.691. The fraction of sp³-hybridized carbons (Fsp3) is 0.727. The second-order valence-corrected chi connectivity index (χ2v) is 8.88. The molecule has 3 heterocycles. The Labute approximate surface area is 191 Å². The Bertz CT molecular complexity index is 705. The van der Waals surface area contributed by atoms with Crippen molar-refractivity contribution < 1.29 is 9.59 Å². The zero-order valence-electron chi connectivity index (χ0n) is 19.4. The predicted molar refractivity (Wildman–Crippen MR) is 123 cm³/mol. The van der Waals surface area contributed by atoms with Crippen LogP contribution in [0.1, 0.15) is 49.0 Å². The van der Waals surface area contributed by atoms with Crippen LogP contribution in [0, 0.1) is 0 Å². The normalized spacial score (nSPS) is 22.5. The van der Waals surface area contributed by atoms with Crippen molar-refractivity contribution in [3.05, 3.63) is 24.3 Å². The number of hydrogen-bond acceptors (Lipinski definition) is 7. The number of piperidine rings is 1. The number of nitrogens with one attached hydrogen (secondary N) is 3. The minimum absolute atomic E-state index is 0.0239. The van der Waals surface area contributed by atoms with E-state index in [0.29, 0.717) is 6.54 Å². The van der Waals surface area contributed by atoms with E-state index in [1.807, 2.05) is 0 Å². The number of rotatable bonds is 4. The first kappa shape index (κ1) is 24.3. The molecule has 3 N–H and O–H groups in total. The Morgan fingerprint density at radius 2 is 1.81 bits per heavy atom.